The van der Waals surface area contributed by atoms with E-state index in [1.807, 2.05) is 30.3 Å². The molecule has 0 aliphatic heterocycles. The third kappa shape index (κ3) is 2.82. The molecule has 3 rings (SSSR count). The fourth-order valence-electron chi connectivity index (χ4n) is 3.29. The SMILES string of the molecule is N#Cc1ccccc1S(=O)(=O)N(CCO)[C@H]1CCc2ccccc21. The van der Waals surface area contributed by atoms with Gasteiger partial charge in [-0.1, -0.05) is 36.4 Å². The van der Waals surface area contributed by atoms with E-state index < -0.39 is 10.0 Å². The lowest BCUT2D eigenvalue weighted by Crippen LogP contribution is -2.36. The van der Waals surface area contributed by atoms with E-state index in [4.69, 9.17) is 0 Å². The van der Waals surface area contributed by atoms with Gasteiger partial charge in [-0.2, -0.15) is 9.57 Å². The van der Waals surface area contributed by atoms with Gasteiger partial charge in [0.05, 0.1) is 23.1 Å². The zero-order valence-corrected chi connectivity index (χ0v) is 13.9. The number of hydrogen-bond donors (Lipinski definition) is 1. The number of aliphatic hydroxyl groups is 1. The minimum Gasteiger partial charge on any atom is -0.395 e. The monoisotopic (exact) mass is 342 g/mol. The van der Waals surface area contributed by atoms with Crippen molar-refractivity contribution < 1.29 is 13.5 Å². The quantitative estimate of drug-likeness (QED) is 0.903. The third-order valence-corrected chi connectivity index (χ3v) is 6.33. The summed E-state index contributed by atoms with van der Waals surface area (Å²) in [5, 5.41) is 18.6. The molecule has 0 amide bonds. The van der Waals surface area contributed by atoms with Gasteiger partial charge in [0.1, 0.15) is 6.07 Å². The zero-order valence-electron chi connectivity index (χ0n) is 13.1. The summed E-state index contributed by atoms with van der Waals surface area (Å²) in [4.78, 5) is -0.00895. The van der Waals surface area contributed by atoms with Crippen molar-refractivity contribution in [3.8, 4) is 6.07 Å². The Labute approximate surface area is 141 Å². The second kappa shape index (κ2) is 6.73. The molecule has 0 saturated heterocycles. The first-order chi connectivity index (χ1) is 11.6. The summed E-state index contributed by atoms with van der Waals surface area (Å²) in [7, 11) is -3.88. The number of nitrogens with zero attached hydrogens (tertiary/aromatic N) is 2. The standard InChI is InChI=1S/C18H18N2O3S/c19-13-15-6-2-4-8-18(15)24(22,23)20(11-12-21)17-10-9-14-5-1-3-7-16(14)17/h1-8,17,21H,9-12H2/t17-/m0/s1. The number of rotatable bonds is 5. The maximum absolute atomic E-state index is 13.2. The van der Waals surface area contributed by atoms with Crippen molar-refractivity contribution in [3.63, 3.8) is 0 Å². The van der Waals surface area contributed by atoms with E-state index in [0.29, 0.717) is 6.42 Å². The highest BCUT2D eigenvalue weighted by molar-refractivity contribution is 7.89. The van der Waals surface area contributed by atoms with E-state index >= 15 is 0 Å². The van der Waals surface area contributed by atoms with Crippen LogP contribution in [0, 0.1) is 11.3 Å². The van der Waals surface area contributed by atoms with Gasteiger partial charge in [-0.15, -0.1) is 0 Å². The van der Waals surface area contributed by atoms with Crippen molar-refractivity contribution >= 4 is 10.0 Å². The molecule has 1 N–H and O–H groups in total. The topological polar surface area (TPSA) is 81.4 Å². The number of fused-ring (bicyclic) bond motifs is 1. The molecule has 2 aromatic carbocycles. The van der Waals surface area contributed by atoms with Crippen LogP contribution in [0.15, 0.2) is 53.4 Å². The van der Waals surface area contributed by atoms with Crippen LogP contribution in [0.1, 0.15) is 29.2 Å². The summed E-state index contributed by atoms with van der Waals surface area (Å²) < 4.78 is 27.7. The molecule has 0 heterocycles. The Hall–Kier alpha value is -2.20. The molecule has 0 radical (unpaired) electrons. The molecule has 1 aliphatic carbocycles. The van der Waals surface area contributed by atoms with Crippen LogP contribution in [0.5, 0.6) is 0 Å². The van der Waals surface area contributed by atoms with Crippen molar-refractivity contribution in [1.29, 1.82) is 5.26 Å². The average molecular weight is 342 g/mol. The number of aryl methyl sites for hydroxylation is 1. The van der Waals surface area contributed by atoms with Crippen LogP contribution in [0.4, 0.5) is 0 Å². The van der Waals surface area contributed by atoms with Crippen molar-refractivity contribution in [2.24, 2.45) is 0 Å². The number of aliphatic hydroxyl groups excluding tert-OH is 1. The summed E-state index contributed by atoms with van der Waals surface area (Å²) in [6.07, 6.45) is 1.48. The van der Waals surface area contributed by atoms with Crippen LogP contribution in [0.2, 0.25) is 0 Å². The second-order valence-corrected chi connectivity index (χ2v) is 7.56. The molecule has 1 atom stereocenters. The predicted octanol–water partition coefficient (Wildman–Crippen LogP) is 2.23. The Kier molecular flexibility index (Phi) is 4.67. The first kappa shape index (κ1) is 16.7. The first-order valence-corrected chi connectivity index (χ1v) is 9.23. The molecule has 1 aliphatic rings. The Balaban J connectivity index is 2.08. The van der Waals surface area contributed by atoms with Gasteiger partial charge < -0.3 is 5.11 Å². The Morgan fingerprint density at radius 3 is 2.62 bits per heavy atom. The maximum atomic E-state index is 13.2. The lowest BCUT2D eigenvalue weighted by atomic mass is 10.1. The molecule has 0 aromatic heterocycles. The Morgan fingerprint density at radius 2 is 1.88 bits per heavy atom. The van der Waals surface area contributed by atoms with E-state index in [0.717, 1.165) is 17.5 Å². The summed E-state index contributed by atoms with van der Waals surface area (Å²) in [6, 6.07) is 15.6. The molecular formula is C18H18N2O3S. The van der Waals surface area contributed by atoms with Crippen LogP contribution in [-0.2, 0) is 16.4 Å². The summed E-state index contributed by atoms with van der Waals surface area (Å²) in [5.74, 6) is 0. The highest BCUT2D eigenvalue weighted by Gasteiger charge is 2.36. The maximum Gasteiger partial charge on any atom is 0.245 e. The van der Waals surface area contributed by atoms with Crippen molar-refractivity contribution in [1.82, 2.24) is 4.31 Å². The highest BCUT2D eigenvalue weighted by atomic mass is 32.2. The summed E-state index contributed by atoms with van der Waals surface area (Å²) >= 11 is 0. The lowest BCUT2D eigenvalue weighted by Gasteiger charge is -2.28. The van der Waals surface area contributed by atoms with Gasteiger partial charge in [-0.3, -0.25) is 0 Å². The van der Waals surface area contributed by atoms with E-state index in [1.165, 1.54) is 16.4 Å². The minimum atomic E-state index is -3.88. The smallest absolute Gasteiger partial charge is 0.245 e. The second-order valence-electron chi connectivity index (χ2n) is 5.70. The van der Waals surface area contributed by atoms with Gasteiger partial charge in [-0.05, 0) is 36.1 Å². The van der Waals surface area contributed by atoms with Crippen LogP contribution in [0.3, 0.4) is 0 Å². The van der Waals surface area contributed by atoms with Gasteiger partial charge in [0, 0.05) is 6.54 Å². The molecule has 124 valence electrons. The predicted molar refractivity (Wildman–Crippen MR) is 89.6 cm³/mol. The third-order valence-electron chi connectivity index (χ3n) is 4.36. The molecule has 0 unspecified atom stereocenters. The van der Waals surface area contributed by atoms with Crippen LogP contribution in [0.25, 0.3) is 0 Å². The van der Waals surface area contributed by atoms with E-state index in [1.54, 1.807) is 12.1 Å². The van der Waals surface area contributed by atoms with Crippen LogP contribution >= 0.6 is 0 Å². The normalized spacial score (nSPS) is 16.8. The zero-order chi connectivity index (χ0) is 17.2. The molecule has 0 spiro atoms. The van der Waals surface area contributed by atoms with E-state index in [-0.39, 0.29) is 29.7 Å². The minimum absolute atomic E-state index is 0.00109. The van der Waals surface area contributed by atoms with Gasteiger partial charge >= 0.3 is 0 Å². The molecule has 24 heavy (non-hydrogen) atoms. The molecule has 6 heteroatoms. The van der Waals surface area contributed by atoms with E-state index in [9.17, 15) is 18.8 Å². The molecule has 0 saturated carbocycles. The molecule has 0 bridgehead atoms. The fraction of sp³-hybridized carbons (Fsp3) is 0.278. The van der Waals surface area contributed by atoms with Crippen molar-refractivity contribution in [3.05, 3.63) is 65.2 Å². The van der Waals surface area contributed by atoms with Crippen molar-refractivity contribution in [2.45, 2.75) is 23.8 Å². The lowest BCUT2D eigenvalue weighted by molar-refractivity contribution is 0.225. The summed E-state index contributed by atoms with van der Waals surface area (Å²) in [5.41, 5.74) is 2.23. The summed E-state index contributed by atoms with van der Waals surface area (Å²) in [6.45, 7) is -0.270. The number of hydrogen-bond acceptors (Lipinski definition) is 4. The molecular weight excluding hydrogens is 324 g/mol. The van der Waals surface area contributed by atoms with Gasteiger partial charge in [-0.25, -0.2) is 8.42 Å². The number of nitriles is 1. The van der Waals surface area contributed by atoms with Crippen LogP contribution in [-0.4, -0.2) is 31.0 Å². The first-order valence-electron chi connectivity index (χ1n) is 7.79. The van der Waals surface area contributed by atoms with Crippen LogP contribution < -0.4 is 0 Å². The molecule has 5 nitrogen and oxygen atoms in total. The van der Waals surface area contributed by atoms with Gasteiger partial charge in [0.2, 0.25) is 10.0 Å². The molecule has 0 fully saturated rings. The van der Waals surface area contributed by atoms with Gasteiger partial charge in [0.25, 0.3) is 0 Å². The fourth-order valence-corrected chi connectivity index (χ4v) is 5.06. The van der Waals surface area contributed by atoms with Gasteiger partial charge in [0.15, 0.2) is 0 Å². The number of benzene rings is 2. The largest absolute Gasteiger partial charge is 0.395 e. The Bertz CT molecular complexity index is 887. The van der Waals surface area contributed by atoms with E-state index in [2.05, 4.69) is 0 Å². The Morgan fingerprint density at radius 1 is 1.17 bits per heavy atom. The average Bonchev–Trinajstić information content (AvgIpc) is 3.03. The van der Waals surface area contributed by atoms with Crippen molar-refractivity contribution in [2.75, 3.05) is 13.2 Å². The molecule has 2 aromatic rings. The number of sulfonamides is 1. The highest BCUT2D eigenvalue weighted by Crippen LogP contribution is 2.38.